The Morgan fingerprint density at radius 1 is 1.19 bits per heavy atom. The van der Waals surface area contributed by atoms with Crippen molar-refractivity contribution in [3.05, 3.63) is 65.9 Å². The van der Waals surface area contributed by atoms with Crippen LogP contribution < -0.4 is 4.74 Å². The Morgan fingerprint density at radius 3 is 2.90 bits per heavy atom. The molecule has 31 heavy (non-hydrogen) atoms. The number of pyridine rings is 1. The Balaban J connectivity index is 1.39. The van der Waals surface area contributed by atoms with E-state index >= 15 is 0 Å². The highest BCUT2D eigenvalue weighted by molar-refractivity contribution is 5.92. The molecule has 1 amide bonds. The van der Waals surface area contributed by atoms with Gasteiger partial charge in [-0.05, 0) is 49.6 Å². The third kappa shape index (κ3) is 3.76. The number of carbonyl (C=O) groups is 1. The lowest BCUT2D eigenvalue weighted by molar-refractivity contribution is 0.0694. The molecular formula is C23H23N5O3. The summed E-state index contributed by atoms with van der Waals surface area (Å²) in [5.41, 5.74) is 3.22. The fourth-order valence-corrected chi connectivity index (χ4v) is 4.05. The van der Waals surface area contributed by atoms with E-state index in [0.29, 0.717) is 24.5 Å². The first kappa shape index (κ1) is 19.3. The summed E-state index contributed by atoms with van der Waals surface area (Å²) in [4.78, 5) is 19.3. The van der Waals surface area contributed by atoms with E-state index in [1.54, 1.807) is 20.1 Å². The van der Waals surface area contributed by atoms with Gasteiger partial charge in [0.2, 0.25) is 0 Å². The zero-order valence-electron chi connectivity index (χ0n) is 17.5. The van der Waals surface area contributed by atoms with Crippen LogP contribution in [0.15, 0.2) is 53.2 Å². The lowest BCUT2D eigenvalue weighted by Gasteiger charge is -2.30. The fraction of sp³-hybridized carbons (Fsp3) is 0.304. The van der Waals surface area contributed by atoms with Crippen molar-refractivity contribution in [2.75, 3.05) is 20.2 Å². The van der Waals surface area contributed by atoms with Gasteiger partial charge in [-0.2, -0.15) is 5.10 Å². The SMILES string of the molecule is COc1cccc(-c2ccc3nc([C@H]4CCCN(C(=O)c5cc(C)on5)C4)nn3c2)c1. The second-order valence-electron chi connectivity index (χ2n) is 7.84. The van der Waals surface area contributed by atoms with Crippen molar-refractivity contribution in [1.29, 1.82) is 0 Å². The van der Waals surface area contributed by atoms with Crippen LogP contribution in [-0.4, -0.2) is 50.8 Å². The van der Waals surface area contributed by atoms with Crippen molar-refractivity contribution in [3.8, 4) is 16.9 Å². The quantitative estimate of drug-likeness (QED) is 0.503. The van der Waals surface area contributed by atoms with Crippen LogP contribution in [0.4, 0.5) is 0 Å². The normalized spacial score (nSPS) is 16.6. The van der Waals surface area contributed by atoms with E-state index in [-0.39, 0.29) is 11.8 Å². The molecule has 0 N–H and O–H groups in total. The lowest BCUT2D eigenvalue weighted by Crippen LogP contribution is -2.39. The Bertz CT molecular complexity index is 1240. The third-order valence-corrected chi connectivity index (χ3v) is 5.67. The van der Waals surface area contributed by atoms with Crippen LogP contribution in [0.25, 0.3) is 16.8 Å². The molecule has 1 saturated heterocycles. The number of rotatable bonds is 4. The number of methoxy groups -OCH3 is 1. The molecule has 4 heterocycles. The molecule has 1 fully saturated rings. The van der Waals surface area contributed by atoms with Crippen LogP contribution in [-0.2, 0) is 0 Å². The van der Waals surface area contributed by atoms with Gasteiger partial charge in [0.25, 0.3) is 5.91 Å². The van der Waals surface area contributed by atoms with Crippen LogP contribution in [0.2, 0.25) is 0 Å². The third-order valence-electron chi connectivity index (χ3n) is 5.67. The van der Waals surface area contributed by atoms with Crippen molar-refractivity contribution >= 4 is 11.6 Å². The zero-order chi connectivity index (χ0) is 21.4. The minimum atomic E-state index is -0.106. The van der Waals surface area contributed by atoms with Crippen molar-refractivity contribution < 1.29 is 14.1 Å². The van der Waals surface area contributed by atoms with Gasteiger partial charge in [-0.25, -0.2) is 9.50 Å². The topological polar surface area (TPSA) is 85.8 Å². The smallest absolute Gasteiger partial charge is 0.276 e. The molecule has 4 aromatic rings. The van der Waals surface area contributed by atoms with Gasteiger partial charge in [0, 0.05) is 36.8 Å². The van der Waals surface area contributed by atoms with Crippen LogP contribution in [0.3, 0.4) is 0 Å². The summed E-state index contributed by atoms with van der Waals surface area (Å²) >= 11 is 0. The summed E-state index contributed by atoms with van der Waals surface area (Å²) in [7, 11) is 1.66. The molecule has 158 valence electrons. The van der Waals surface area contributed by atoms with Crippen molar-refractivity contribution in [3.63, 3.8) is 0 Å². The van der Waals surface area contributed by atoms with Gasteiger partial charge in [-0.3, -0.25) is 4.79 Å². The number of fused-ring (bicyclic) bond motifs is 1. The summed E-state index contributed by atoms with van der Waals surface area (Å²) in [6.07, 6.45) is 3.82. The number of likely N-dealkylation sites (tertiary alicyclic amines) is 1. The first-order chi connectivity index (χ1) is 15.1. The highest BCUT2D eigenvalue weighted by atomic mass is 16.5. The van der Waals surface area contributed by atoms with Gasteiger partial charge in [-0.15, -0.1) is 0 Å². The molecule has 0 radical (unpaired) electrons. The van der Waals surface area contributed by atoms with Crippen molar-refractivity contribution in [1.82, 2.24) is 24.7 Å². The van der Waals surface area contributed by atoms with Crippen molar-refractivity contribution in [2.45, 2.75) is 25.7 Å². The maximum absolute atomic E-state index is 12.8. The maximum atomic E-state index is 12.8. The number of amides is 1. The molecule has 0 saturated carbocycles. The molecule has 8 heteroatoms. The van der Waals surface area contributed by atoms with E-state index in [1.165, 1.54) is 0 Å². The summed E-state index contributed by atoms with van der Waals surface area (Å²) in [5.74, 6) is 2.19. The van der Waals surface area contributed by atoms with Crippen LogP contribution in [0, 0.1) is 6.92 Å². The van der Waals surface area contributed by atoms with Gasteiger partial charge in [0.15, 0.2) is 17.2 Å². The van der Waals surface area contributed by atoms with Crippen molar-refractivity contribution in [2.24, 2.45) is 0 Å². The molecule has 3 aromatic heterocycles. The predicted octanol–water partition coefficient (Wildman–Crippen LogP) is 3.72. The summed E-state index contributed by atoms with van der Waals surface area (Å²) in [5, 5.41) is 8.60. The van der Waals surface area contributed by atoms with Crippen LogP contribution in [0.5, 0.6) is 5.75 Å². The first-order valence-corrected chi connectivity index (χ1v) is 10.3. The second kappa shape index (κ2) is 7.86. The monoisotopic (exact) mass is 417 g/mol. The standard InChI is InChI=1S/C23H23N5O3/c1-15-11-20(26-31-15)23(29)27-10-4-6-18(13-27)22-24-21-9-8-17(14-28(21)25-22)16-5-3-7-19(12-16)30-2/h3,5,7-9,11-12,14,18H,4,6,10,13H2,1-2H3/t18-/m0/s1. The predicted molar refractivity (Wildman–Crippen MR) is 114 cm³/mol. The second-order valence-corrected chi connectivity index (χ2v) is 7.84. The van der Waals surface area contributed by atoms with E-state index in [4.69, 9.17) is 19.3 Å². The van der Waals surface area contributed by atoms with Crippen LogP contribution in [0.1, 0.15) is 40.8 Å². The largest absolute Gasteiger partial charge is 0.497 e. The molecule has 0 spiro atoms. The number of nitrogens with zero attached hydrogens (tertiary/aromatic N) is 5. The summed E-state index contributed by atoms with van der Waals surface area (Å²) < 4.78 is 12.2. The number of piperidine rings is 1. The molecular weight excluding hydrogens is 394 g/mol. The highest BCUT2D eigenvalue weighted by Crippen LogP contribution is 2.28. The fourth-order valence-electron chi connectivity index (χ4n) is 4.05. The van der Waals surface area contributed by atoms with E-state index in [1.807, 2.05) is 52.0 Å². The Kier molecular flexibility index (Phi) is 4.89. The highest BCUT2D eigenvalue weighted by Gasteiger charge is 2.29. The molecule has 1 atom stereocenters. The molecule has 0 bridgehead atoms. The van der Waals surface area contributed by atoms with E-state index in [9.17, 15) is 4.79 Å². The Morgan fingerprint density at radius 2 is 2.10 bits per heavy atom. The number of aryl methyl sites for hydroxylation is 1. The van der Waals surface area contributed by atoms with E-state index in [2.05, 4.69) is 5.16 Å². The number of hydrogen-bond donors (Lipinski definition) is 0. The molecule has 0 unspecified atom stereocenters. The molecule has 5 rings (SSSR count). The minimum absolute atomic E-state index is 0.0888. The van der Waals surface area contributed by atoms with Gasteiger partial charge in [0.1, 0.15) is 11.5 Å². The molecule has 0 aliphatic carbocycles. The van der Waals surface area contributed by atoms with E-state index < -0.39 is 0 Å². The number of carbonyl (C=O) groups excluding carboxylic acids is 1. The average Bonchev–Trinajstić information content (AvgIpc) is 3.44. The number of hydrogen-bond acceptors (Lipinski definition) is 6. The molecule has 1 aromatic carbocycles. The number of aromatic nitrogens is 4. The number of benzene rings is 1. The number of ether oxygens (including phenoxy) is 1. The Labute approximate surface area is 179 Å². The summed E-state index contributed by atoms with van der Waals surface area (Å²) in [6, 6.07) is 13.6. The van der Waals surface area contributed by atoms with Gasteiger partial charge in [-0.1, -0.05) is 17.3 Å². The van der Waals surface area contributed by atoms with Gasteiger partial charge < -0.3 is 14.2 Å². The molecule has 8 nitrogen and oxygen atoms in total. The van der Waals surface area contributed by atoms with Crippen LogP contribution >= 0.6 is 0 Å². The zero-order valence-corrected chi connectivity index (χ0v) is 17.5. The summed E-state index contributed by atoms with van der Waals surface area (Å²) in [6.45, 7) is 3.06. The Hall–Kier alpha value is -3.68. The first-order valence-electron chi connectivity index (χ1n) is 10.3. The molecule has 1 aliphatic heterocycles. The maximum Gasteiger partial charge on any atom is 0.276 e. The van der Waals surface area contributed by atoms with Gasteiger partial charge in [0.05, 0.1) is 7.11 Å². The minimum Gasteiger partial charge on any atom is -0.497 e. The lowest BCUT2D eigenvalue weighted by atomic mass is 9.97. The van der Waals surface area contributed by atoms with Gasteiger partial charge >= 0.3 is 0 Å². The average molecular weight is 417 g/mol. The van der Waals surface area contributed by atoms with E-state index in [0.717, 1.165) is 41.2 Å². The molecule has 1 aliphatic rings.